The first-order chi connectivity index (χ1) is 10.2. The molecule has 0 bridgehead atoms. The van der Waals surface area contributed by atoms with Crippen LogP contribution in [0.15, 0.2) is 48.5 Å². The summed E-state index contributed by atoms with van der Waals surface area (Å²) in [6.07, 6.45) is 4.52. The van der Waals surface area contributed by atoms with Crippen LogP contribution in [0.3, 0.4) is 0 Å². The largest absolute Gasteiger partial charge is 0.382 e. The van der Waals surface area contributed by atoms with Gasteiger partial charge in [-0.1, -0.05) is 37.6 Å². The minimum Gasteiger partial charge on any atom is -0.382 e. The van der Waals surface area contributed by atoms with Crippen LogP contribution in [0.1, 0.15) is 37.8 Å². The van der Waals surface area contributed by atoms with Crippen molar-refractivity contribution in [1.82, 2.24) is 0 Å². The summed E-state index contributed by atoms with van der Waals surface area (Å²) in [5, 5.41) is 3.49. The lowest BCUT2D eigenvalue weighted by molar-refractivity contribution is 0.626. The zero-order valence-electron chi connectivity index (χ0n) is 12.9. The molecule has 2 rings (SSSR count). The Morgan fingerprint density at radius 3 is 2.19 bits per heavy atom. The van der Waals surface area contributed by atoms with Gasteiger partial charge in [0.1, 0.15) is 5.82 Å². The van der Waals surface area contributed by atoms with Gasteiger partial charge in [0, 0.05) is 11.7 Å². The molecule has 0 fully saturated rings. The third kappa shape index (κ3) is 5.22. The van der Waals surface area contributed by atoms with Gasteiger partial charge in [-0.25, -0.2) is 4.39 Å². The Hall–Kier alpha value is -1.83. The number of rotatable bonds is 7. The normalized spacial score (nSPS) is 12.1. The smallest absolute Gasteiger partial charge is 0.123 e. The van der Waals surface area contributed by atoms with Gasteiger partial charge in [-0.3, -0.25) is 0 Å². The van der Waals surface area contributed by atoms with E-state index in [1.165, 1.54) is 30.5 Å². The van der Waals surface area contributed by atoms with Gasteiger partial charge >= 0.3 is 0 Å². The van der Waals surface area contributed by atoms with Gasteiger partial charge in [-0.05, 0) is 61.6 Å². The molecule has 21 heavy (non-hydrogen) atoms. The van der Waals surface area contributed by atoms with Crippen LogP contribution in [-0.4, -0.2) is 6.04 Å². The van der Waals surface area contributed by atoms with Crippen LogP contribution in [0.2, 0.25) is 0 Å². The molecular formula is C19H24FN. The van der Waals surface area contributed by atoms with Crippen LogP contribution < -0.4 is 5.32 Å². The van der Waals surface area contributed by atoms with E-state index >= 15 is 0 Å². The predicted molar refractivity (Wildman–Crippen MR) is 88.2 cm³/mol. The zero-order valence-corrected chi connectivity index (χ0v) is 12.9. The highest BCUT2D eigenvalue weighted by Crippen LogP contribution is 2.14. The number of aryl methyl sites for hydroxylation is 1. The van der Waals surface area contributed by atoms with Crippen molar-refractivity contribution in [1.29, 1.82) is 0 Å². The molecule has 0 heterocycles. The van der Waals surface area contributed by atoms with Gasteiger partial charge in [-0.2, -0.15) is 0 Å². The maximum atomic E-state index is 12.9. The minimum absolute atomic E-state index is 0.179. The third-order valence-electron chi connectivity index (χ3n) is 3.64. The highest BCUT2D eigenvalue weighted by Gasteiger charge is 2.04. The summed E-state index contributed by atoms with van der Waals surface area (Å²) in [6, 6.07) is 15.7. The number of unbranched alkanes of at least 4 members (excludes halogenated alkanes) is 1. The molecule has 1 N–H and O–H groups in total. The lowest BCUT2D eigenvalue weighted by Gasteiger charge is -2.15. The Bertz CT molecular complexity index is 530. The molecule has 0 saturated carbocycles. The molecule has 0 saturated heterocycles. The molecule has 2 aromatic rings. The van der Waals surface area contributed by atoms with Crippen molar-refractivity contribution in [2.24, 2.45) is 0 Å². The fourth-order valence-electron chi connectivity index (χ4n) is 2.46. The molecule has 112 valence electrons. The molecular weight excluding hydrogens is 261 g/mol. The molecule has 0 amide bonds. The molecule has 2 heteroatoms. The first-order valence-corrected chi connectivity index (χ1v) is 7.77. The predicted octanol–water partition coefficient (Wildman–Crippen LogP) is 5.21. The van der Waals surface area contributed by atoms with E-state index in [0.717, 1.165) is 24.1 Å². The maximum Gasteiger partial charge on any atom is 0.123 e. The highest BCUT2D eigenvalue weighted by molar-refractivity contribution is 5.45. The van der Waals surface area contributed by atoms with Crippen LogP contribution in [0.25, 0.3) is 0 Å². The molecule has 0 aromatic heterocycles. The zero-order chi connectivity index (χ0) is 15.1. The van der Waals surface area contributed by atoms with Crippen LogP contribution in [0.5, 0.6) is 0 Å². The SMILES string of the molecule is CCCCc1ccc(NC(C)Cc2ccc(F)cc2)cc1. The highest BCUT2D eigenvalue weighted by atomic mass is 19.1. The summed E-state index contributed by atoms with van der Waals surface area (Å²) < 4.78 is 12.9. The van der Waals surface area contributed by atoms with E-state index in [2.05, 4.69) is 43.4 Å². The number of benzene rings is 2. The van der Waals surface area contributed by atoms with Crippen molar-refractivity contribution in [3.05, 3.63) is 65.5 Å². The molecule has 2 aromatic carbocycles. The number of hydrogen-bond donors (Lipinski definition) is 1. The Balaban J connectivity index is 1.87. The second-order valence-electron chi connectivity index (χ2n) is 5.68. The molecule has 1 unspecified atom stereocenters. The lowest BCUT2D eigenvalue weighted by atomic mass is 10.1. The van der Waals surface area contributed by atoms with E-state index in [1.54, 1.807) is 0 Å². The summed E-state index contributed by atoms with van der Waals surface area (Å²) in [7, 11) is 0. The van der Waals surface area contributed by atoms with Gasteiger partial charge in [0.15, 0.2) is 0 Å². The number of anilines is 1. The van der Waals surface area contributed by atoms with Crippen molar-refractivity contribution in [2.75, 3.05) is 5.32 Å². The fraction of sp³-hybridized carbons (Fsp3) is 0.368. The number of nitrogens with one attached hydrogen (secondary N) is 1. The lowest BCUT2D eigenvalue weighted by Crippen LogP contribution is -2.18. The van der Waals surface area contributed by atoms with E-state index in [-0.39, 0.29) is 5.82 Å². The quantitative estimate of drug-likeness (QED) is 0.736. The van der Waals surface area contributed by atoms with E-state index < -0.39 is 0 Å². The summed E-state index contributed by atoms with van der Waals surface area (Å²) in [6.45, 7) is 4.36. The summed E-state index contributed by atoms with van der Waals surface area (Å²) >= 11 is 0. The summed E-state index contributed by atoms with van der Waals surface area (Å²) in [5.74, 6) is -0.179. The van der Waals surface area contributed by atoms with Crippen molar-refractivity contribution < 1.29 is 4.39 Å². The van der Waals surface area contributed by atoms with Gasteiger partial charge in [0.2, 0.25) is 0 Å². The van der Waals surface area contributed by atoms with Crippen molar-refractivity contribution in [2.45, 2.75) is 45.6 Å². The molecule has 1 nitrogen and oxygen atoms in total. The first kappa shape index (κ1) is 15.6. The topological polar surface area (TPSA) is 12.0 Å². The average Bonchev–Trinajstić information content (AvgIpc) is 2.49. The van der Waals surface area contributed by atoms with Crippen molar-refractivity contribution in [3.63, 3.8) is 0 Å². The molecule has 1 atom stereocenters. The maximum absolute atomic E-state index is 12.9. The second kappa shape index (κ2) is 7.82. The van der Waals surface area contributed by atoms with Crippen LogP contribution in [0, 0.1) is 5.82 Å². The fourth-order valence-corrected chi connectivity index (χ4v) is 2.46. The average molecular weight is 285 g/mol. The van der Waals surface area contributed by atoms with Crippen molar-refractivity contribution in [3.8, 4) is 0 Å². The molecule has 0 radical (unpaired) electrons. The molecule has 0 aliphatic carbocycles. The Labute approximate surface area is 127 Å². The number of hydrogen-bond acceptors (Lipinski definition) is 1. The monoisotopic (exact) mass is 285 g/mol. The van der Waals surface area contributed by atoms with E-state index in [4.69, 9.17) is 0 Å². The Morgan fingerprint density at radius 2 is 1.57 bits per heavy atom. The molecule has 0 spiro atoms. The van der Waals surface area contributed by atoms with Gasteiger partial charge < -0.3 is 5.32 Å². The van der Waals surface area contributed by atoms with E-state index in [0.29, 0.717) is 6.04 Å². The number of halogens is 1. The van der Waals surface area contributed by atoms with E-state index in [9.17, 15) is 4.39 Å². The summed E-state index contributed by atoms with van der Waals surface area (Å²) in [5.41, 5.74) is 3.69. The molecule has 0 aliphatic rings. The van der Waals surface area contributed by atoms with Crippen LogP contribution in [0.4, 0.5) is 10.1 Å². The van der Waals surface area contributed by atoms with Gasteiger partial charge in [-0.15, -0.1) is 0 Å². The standard InChI is InChI=1S/C19H24FN/c1-3-4-5-16-8-12-19(13-9-16)21-15(2)14-17-6-10-18(20)11-7-17/h6-13,15,21H,3-5,14H2,1-2H3. The Kier molecular flexibility index (Phi) is 5.79. The van der Waals surface area contributed by atoms with Crippen molar-refractivity contribution >= 4 is 5.69 Å². The van der Waals surface area contributed by atoms with Gasteiger partial charge in [0.25, 0.3) is 0 Å². The Morgan fingerprint density at radius 1 is 0.952 bits per heavy atom. The third-order valence-corrected chi connectivity index (χ3v) is 3.64. The van der Waals surface area contributed by atoms with Crippen LogP contribution >= 0.6 is 0 Å². The van der Waals surface area contributed by atoms with Gasteiger partial charge in [0.05, 0.1) is 0 Å². The minimum atomic E-state index is -0.179. The molecule has 0 aliphatic heterocycles. The first-order valence-electron chi connectivity index (χ1n) is 7.77. The summed E-state index contributed by atoms with van der Waals surface area (Å²) in [4.78, 5) is 0. The van der Waals surface area contributed by atoms with E-state index in [1.807, 2.05) is 12.1 Å². The van der Waals surface area contributed by atoms with Crippen LogP contribution in [-0.2, 0) is 12.8 Å². The second-order valence-corrected chi connectivity index (χ2v) is 5.68.